The number of aryl methyl sites for hydroxylation is 1. The first kappa shape index (κ1) is 18.8. The van der Waals surface area contributed by atoms with Crippen molar-refractivity contribution in [2.24, 2.45) is 0 Å². The van der Waals surface area contributed by atoms with Crippen LogP contribution in [0.3, 0.4) is 0 Å². The predicted octanol–water partition coefficient (Wildman–Crippen LogP) is 3.54. The van der Waals surface area contributed by atoms with Crippen LogP contribution in [0, 0.1) is 6.92 Å². The van der Waals surface area contributed by atoms with E-state index in [2.05, 4.69) is 5.32 Å². The molecule has 0 aliphatic carbocycles. The minimum absolute atomic E-state index is 0.0116. The Bertz CT molecular complexity index is 925. The summed E-state index contributed by atoms with van der Waals surface area (Å²) in [5.41, 5.74) is 2.16. The summed E-state index contributed by atoms with van der Waals surface area (Å²) in [5, 5.41) is 2.89. The molecule has 0 bridgehead atoms. The quantitative estimate of drug-likeness (QED) is 0.844. The van der Waals surface area contributed by atoms with Gasteiger partial charge in [-0.2, -0.15) is 0 Å². The lowest BCUT2D eigenvalue weighted by Crippen LogP contribution is -2.15. The van der Waals surface area contributed by atoms with Crippen LogP contribution in [0.1, 0.15) is 22.3 Å². The minimum Gasteiger partial charge on any atom is -0.495 e. The fourth-order valence-electron chi connectivity index (χ4n) is 2.90. The second-order valence-corrected chi connectivity index (χ2v) is 9.87. The zero-order valence-corrected chi connectivity index (χ0v) is 16.3. The van der Waals surface area contributed by atoms with E-state index in [9.17, 15) is 13.2 Å². The van der Waals surface area contributed by atoms with Gasteiger partial charge in [-0.05, 0) is 43.2 Å². The Morgan fingerprint density at radius 1 is 1.23 bits per heavy atom. The number of carbonyl (C=O) groups excluding carboxylic acids is 1. The molecule has 3 rings (SSSR count). The molecule has 0 spiro atoms. The normalized spacial score (nSPS) is 18.5. The SMILES string of the molecule is COc1ccc(C)cc1NC(=O)c1ccccc1S[C@H]1CCS(=O)(=O)C1. The smallest absolute Gasteiger partial charge is 0.256 e. The van der Waals surface area contributed by atoms with Gasteiger partial charge < -0.3 is 10.1 Å². The van der Waals surface area contributed by atoms with E-state index in [1.165, 1.54) is 11.8 Å². The fraction of sp³-hybridized carbons (Fsp3) is 0.316. The van der Waals surface area contributed by atoms with Crippen molar-refractivity contribution in [3.05, 3.63) is 53.6 Å². The van der Waals surface area contributed by atoms with Crippen molar-refractivity contribution < 1.29 is 17.9 Å². The van der Waals surface area contributed by atoms with Crippen molar-refractivity contribution in [2.45, 2.75) is 23.5 Å². The van der Waals surface area contributed by atoms with Gasteiger partial charge in [0.15, 0.2) is 9.84 Å². The zero-order valence-electron chi connectivity index (χ0n) is 14.7. The molecule has 1 saturated heterocycles. The third-order valence-electron chi connectivity index (χ3n) is 4.22. The average Bonchev–Trinajstić information content (AvgIpc) is 2.94. The van der Waals surface area contributed by atoms with Crippen LogP contribution in [-0.2, 0) is 9.84 Å². The topological polar surface area (TPSA) is 72.5 Å². The summed E-state index contributed by atoms with van der Waals surface area (Å²) in [7, 11) is -1.39. The number of hydrogen-bond acceptors (Lipinski definition) is 5. The van der Waals surface area contributed by atoms with Gasteiger partial charge in [-0.3, -0.25) is 4.79 Å². The number of methoxy groups -OCH3 is 1. The maximum absolute atomic E-state index is 12.8. The molecule has 1 aliphatic heterocycles. The molecule has 1 amide bonds. The van der Waals surface area contributed by atoms with Gasteiger partial charge in [0, 0.05) is 10.1 Å². The highest BCUT2D eigenvalue weighted by molar-refractivity contribution is 8.02. The summed E-state index contributed by atoms with van der Waals surface area (Å²) < 4.78 is 28.7. The third kappa shape index (κ3) is 4.40. The Hall–Kier alpha value is -1.99. The summed E-state index contributed by atoms with van der Waals surface area (Å²) in [6, 6.07) is 12.9. The van der Waals surface area contributed by atoms with Crippen LogP contribution in [0.25, 0.3) is 0 Å². The van der Waals surface area contributed by atoms with Gasteiger partial charge in [-0.25, -0.2) is 8.42 Å². The van der Waals surface area contributed by atoms with Crippen LogP contribution in [0.4, 0.5) is 5.69 Å². The van der Waals surface area contributed by atoms with Crippen molar-refractivity contribution >= 4 is 33.2 Å². The summed E-state index contributed by atoms with van der Waals surface area (Å²) >= 11 is 1.46. The monoisotopic (exact) mass is 391 g/mol. The summed E-state index contributed by atoms with van der Waals surface area (Å²) in [6.07, 6.45) is 0.620. The van der Waals surface area contributed by atoms with Crippen molar-refractivity contribution in [1.82, 2.24) is 0 Å². The van der Waals surface area contributed by atoms with Crippen LogP contribution in [-0.4, -0.2) is 38.2 Å². The Balaban J connectivity index is 1.81. The second-order valence-electron chi connectivity index (χ2n) is 6.30. The van der Waals surface area contributed by atoms with E-state index in [0.717, 1.165) is 10.5 Å². The van der Waals surface area contributed by atoms with Gasteiger partial charge in [0.25, 0.3) is 5.91 Å². The van der Waals surface area contributed by atoms with E-state index < -0.39 is 9.84 Å². The molecule has 1 heterocycles. The van der Waals surface area contributed by atoms with Gasteiger partial charge in [0.05, 0.1) is 29.9 Å². The first-order valence-electron chi connectivity index (χ1n) is 8.30. The number of nitrogens with one attached hydrogen (secondary N) is 1. The fourth-order valence-corrected chi connectivity index (χ4v) is 6.53. The molecule has 0 aromatic heterocycles. The van der Waals surface area contributed by atoms with Gasteiger partial charge >= 0.3 is 0 Å². The molecule has 5 nitrogen and oxygen atoms in total. The van der Waals surface area contributed by atoms with E-state index in [-0.39, 0.29) is 22.7 Å². The lowest BCUT2D eigenvalue weighted by Gasteiger charge is -2.14. The van der Waals surface area contributed by atoms with Gasteiger partial charge in [-0.15, -0.1) is 11.8 Å². The van der Waals surface area contributed by atoms with Gasteiger partial charge in [0.1, 0.15) is 5.75 Å². The predicted molar refractivity (Wildman–Crippen MR) is 105 cm³/mol. The standard InChI is InChI=1S/C19H21NO4S2/c1-13-7-8-17(24-2)16(11-13)20-19(21)15-5-3-4-6-18(15)25-14-9-10-26(22,23)12-14/h3-8,11,14H,9-10,12H2,1-2H3,(H,20,21)/t14-/m0/s1. The van der Waals surface area contributed by atoms with Crippen molar-refractivity contribution in [3.63, 3.8) is 0 Å². The number of hydrogen-bond donors (Lipinski definition) is 1. The Morgan fingerprint density at radius 3 is 2.69 bits per heavy atom. The summed E-state index contributed by atoms with van der Waals surface area (Å²) in [5.74, 6) is 0.743. The molecule has 26 heavy (non-hydrogen) atoms. The van der Waals surface area contributed by atoms with E-state index >= 15 is 0 Å². The molecule has 0 radical (unpaired) electrons. The van der Waals surface area contributed by atoms with Crippen LogP contribution in [0.5, 0.6) is 5.75 Å². The molecule has 1 atom stereocenters. The second kappa shape index (κ2) is 7.72. The largest absolute Gasteiger partial charge is 0.495 e. The molecule has 7 heteroatoms. The molecular formula is C19H21NO4S2. The van der Waals surface area contributed by atoms with Crippen molar-refractivity contribution in [1.29, 1.82) is 0 Å². The maximum atomic E-state index is 12.8. The third-order valence-corrected chi connectivity index (χ3v) is 7.54. The van der Waals surface area contributed by atoms with Crippen LogP contribution in [0.2, 0.25) is 0 Å². The molecule has 1 N–H and O–H groups in total. The Labute approximate surface area is 158 Å². The molecule has 2 aromatic carbocycles. The lowest BCUT2D eigenvalue weighted by molar-refractivity contribution is 0.102. The lowest BCUT2D eigenvalue weighted by atomic mass is 10.1. The molecule has 2 aromatic rings. The molecule has 0 saturated carbocycles. The Kier molecular flexibility index (Phi) is 5.58. The molecule has 1 aliphatic rings. The average molecular weight is 392 g/mol. The molecule has 138 valence electrons. The van der Waals surface area contributed by atoms with Crippen LogP contribution >= 0.6 is 11.8 Å². The summed E-state index contributed by atoms with van der Waals surface area (Å²) in [6.45, 7) is 1.94. The number of ether oxygens (including phenoxy) is 1. The first-order chi connectivity index (χ1) is 12.4. The number of anilines is 1. The van der Waals surface area contributed by atoms with Crippen LogP contribution < -0.4 is 10.1 Å². The van der Waals surface area contributed by atoms with E-state index in [1.807, 2.05) is 37.3 Å². The highest BCUT2D eigenvalue weighted by atomic mass is 32.2. The highest BCUT2D eigenvalue weighted by Crippen LogP contribution is 2.34. The Morgan fingerprint density at radius 2 is 2.00 bits per heavy atom. The number of carbonyl (C=O) groups is 1. The number of sulfone groups is 1. The number of thioether (sulfide) groups is 1. The zero-order chi connectivity index (χ0) is 18.7. The molecule has 1 fully saturated rings. The van der Waals surface area contributed by atoms with Crippen LogP contribution in [0.15, 0.2) is 47.4 Å². The summed E-state index contributed by atoms with van der Waals surface area (Å²) in [4.78, 5) is 13.6. The van der Waals surface area contributed by atoms with Gasteiger partial charge in [-0.1, -0.05) is 18.2 Å². The van der Waals surface area contributed by atoms with Crippen molar-refractivity contribution in [3.8, 4) is 5.75 Å². The minimum atomic E-state index is -2.95. The molecular weight excluding hydrogens is 370 g/mol. The van der Waals surface area contributed by atoms with E-state index in [0.29, 0.717) is 23.4 Å². The highest BCUT2D eigenvalue weighted by Gasteiger charge is 2.29. The number of amides is 1. The maximum Gasteiger partial charge on any atom is 0.256 e. The first-order valence-corrected chi connectivity index (χ1v) is 11.0. The van der Waals surface area contributed by atoms with Crippen molar-refractivity contribution in [2.75, 3.05) is 23.9 Å². The number of rotatable bonds is 5. The molecule has 0 unspecified atom stereocenters. The van der Waals surface area contributed by atoms with E-state index in [4.69, 9.17) is 4.74 Å². The van der Waals surface area contributed by atoms with E-state index in [1.54, 1.807) is 19.2 Å². The number of benzene rings is 2. The van der Waals surface area contributed by atoms with Gasteiger partial charge in [0.2, 0.25) is 0 Å².